The molecule has 0 aromatic heterocycles. The fraction of sp³-hybridized carbons (Fsp3) is 0.500. The number of guanidine groups is 1. The molecule has 0 saturated carbocycles. The molecule has 0 unspecified atom stereocenters. The van der Waals surface area contributed by atoms with Crippen LogP contribution in [0.4, 0.5) is 0 Å². The summed E-state index contributed by atoms with van der Waals surface area (Å²) in [4.78, 5) is 23.4. The molecule has 7 heteroatoms. The van der Waals surface area contributed by atoms with Crippen molar-refractivity contribution in [2.45, 2.75) is 6.42 Å². The maximum Gasteiger partial charge on any atom is 0.236 e. The van der Waals surface area contributed by atoms with E-state index in [1.807, 2.05) is 11.9 Å². The summed E-state index contributed by atoms with van der Waals surface area (Å²) in [7, 11) is 1.84. The topological polar surface area (TPSA) is 60.4 Å². The molecule has 7 nitrogen and oxygen atoms in total. The number of benzene rings is 2. The minimum absolute atomic E-state index is 0.217. The van der Waals surface area contributed by atoms with E-state index >= 15 is 0 Å². The lowest BCUT2D eigenvalue weighted by Gasteiger charge is -2.37. The Labute approximate surface area is 184 Å². The van der Waals surface area contributed by atoms with E-state index in [0.717, 1.165) is 45.1 Å². The number of amides is 1. The Hall–Kier alpha value is -2.64. The van der Waals surface area contributed by atoms with Crippen molar-refractivity contribution in [3.05, 3.63) is 48.0 Å². The molecule has 4 rings (SSSR count). The number of carbonyl (C=O) groups excluding carboxylic acids is 1. The fourth-order valence-electron chi connectivity index (χ4n) is 4.37. The Bertz CT molecular complexity index is 896. The molecule has 2 aromatic rings. The predicted octanol–water partition coefficient (Wildman–Crippen LogP) is 1.43. The highest BCUT2D eigenvalue weighted by atomic mass is 16.5. The number of rotatable bonds is 5. The Morgan fingerprint density at radius 2 is 1.71 bits per heavy atom. The molecule has 2 aliphatic heterocycles. The Balaban J connectivity index is 1.23. The zero-order chi connectivity index (χ0) is 21.5. The van der Waals surface area contributed by atoms with Crippen molar-refractivity contribution >= 4 is 22.6 Å². The Kier molecular flexibility index (Phi) is 7.38. The fourth-order valence-corrected chi connectivity index (χ4v) is 4.37. The number of aliphatic imine (C=N–C) groups is 1. The minimum atomic E-state index is 0.217. The molecule has 31 heavy (non-hydrogen) atoms. The van der Waals surface area contributed by atoms with Crippen LogP contribution in [0.1, 0.15) is 5.56 Å². The summed E-state index contributed by atoms with van der Waals surface area (Å²) < 4.78 is 5.34. The van der Waals surface area contributed by atoms with Crippen LogP contribution in [-0.4, -0.2) is 99.2 Å². The number of ether oxygens (including phenoxy) is 1. The SMILES string of the molecule is CN=C(NCCc1cccc2ccccc12)N1CCN(CC(=O)N2CCOCC2)CC1. The van der Waals surface area contributed by atoms with Crippen LogP contribution in [0.3, 0.4) is 0 Å². The maximum atomic E-state index is 12.5. The second-order valence-corrected chi connectivity index (χ2v) is 8.12. The highest BCUT2D eigenvalue weighted by Gasteiger charge is 2.24. The van der Waals surface area contributed by atoms with Crippen LogP contribution in [-0.2, 0) is 16.0 Å². The van der Waals surface area contributed by atoms with Crippen molar-refractivity contribution in [3.63, 3.8) is 0 Å². The van der Waals surface area contributed by atoms with Gasteiger partial charge in [-0.15, -0.1) is 0 Å². The van der Waals surface area contributed by atoms with E-state index < -0.39 is 0 Å². The number of nitrogens with zero attached hydrogens (tertiary/aromatic N) is 4. The summed E-state index contributed by atoms with van der Waals surface area (Å²) in [5.74, 6) is 1.16. The zero-order valence-electron chi connectivity index (χ0n) is 18.4. The number of fused-ring (bicyclic) bond motifs is 1. The van der Waals surface area contributed by atoms with Crippen LogP contribution >= 0.6 is 0 Å². The number of hydrogen-bond acceptors (Lipinski definition) is 4. The molecule has 2 aliphatic rings. The number of carbonyl (C=O) groups is 1. The van der Waals surface area contributed by atoms with Gasteiger partial charge in [0.1, 0.15) is 0 Å². The van der Waals surface area contributed by atoms with Gasteiger partial charge in [0.25, 0.3) is 0 Å². The van der Waals surface area contributed by atoms with E-state index in [1.54, 1.807) is 0 Å². The first kappa shape index (κ1) is 21.6. The van der Waals surface area contributed by atoms with Crippen LogP contribution in [0.15, 0.2) is 47.5 Å². The molecular weight excluding hydrogens is 390 g/mol. The number of nitrogens with one attached hydrogen (secondary N) is 1. The number of morpholine rings is 1. The van der Waals surface area contributed by atoms with Gasteiger partial charge in [-0.3, -0.25) is 14.7 Å². The zero-order valence-corrected chi connectivity index (χ0v) is 18.4. The average molecular weight is 424 g/mol. The van der Waals surface area contributed by atoms with E-state index in [4.69, 9.17) is 4.74 Å². The monoisotopic (exact) mass is 423 g/mol. The maximum absolute atomic E-state index is 12.5. The van der Waals surface area contributed by atoms with E-state index in [0.29, 0.717) is 32.8 Å². The van der Waals surface area contributed by atoms with Gasteiger partial charge in [0.2, 0.25) is 5.91 Å². The summed E-state index contributed by atoms with van der Waals surface area (Å²) in [6.45, 7) is 7.59. The molecule has 0 spiro atoms. The quantitative estimate of drug-likeness (QED) is 0.583. The van der Waals surface area contributed by atoms with Crippen molar-refractivity contribution in [1.82, 2.24) is 20.0 Å². The van der Waals surface area contributed by atoms with Crippen LogP contribution in [0, 0.1) is 0 Å². The predicted molar refractivity (Wildman–Crippen MR) is 124 cm³/mol. The molecule has 2 aromatic carbocycles. The molecule has 0 radical (unpaired) electrons. The van der Waals surface area contributed by atoms with Gasteiger partial charge in [0.15, 0.2) is 5.96 Å². The first-order valence-corrected chi connectivity index (χ1v) is 11.2. The van der Waals surface area contributed by atoms with Crippen molar-refractivity contribution in [2.24, 2.45) is 4.99 Å². The van der Waals surface area contributed by atoms with Gasteiger partial charge in [-0.25, -0.2) is 0 Å². The van der Waals surface area contributed by atoms with Crippen LogP contribution in [0.25, 0.3) is 10.8 Å². The van der Waals surface area contributed by atoms with Crippen molar-refractivity contribution in [1.29, 1.82) is 0 Å². The van der Waals surface area contributed by atoms with Crippen LogP contribution in [0.5, 0.6) is 0 Å². The van der Waals surface area contributed by atoms with Crippen LogP contribution < -0.4 is 5.32 Å². The first-order chi connectivity index (χ1) is 15.2. The normalized spacial score (nSPS) is 18.4. The van der Waals surface area contributed by atoms with Gasteiger partial charge < -0.3 is 19.9 Å². The van der Waals surface area contributed by atoms with E-state index in [1.165, 1.54) is 16.3 Å². The summed E-state index contributed by atoms with van der Waals surface area (Å²) in [6.07, 6.45) is 0.953. The van der Waals surface area contributed by atoms with Crippen LogP contribution in [0.2, 0.25) is 0 Å². The summed E-state index contributed by atoms with van der Waals surface area (Å²) in [5, 5.41) is 6.13. The molecule has 2 heterocycles. The lowest BCUT2D eigenvalue weighted by atomic mass is 10.0. The average Bonchev–Trinajstić information content (AvgIpc) is 2.83. The molecule has 2 fully saturated rings. The van der Waals surface area contributed by atoms with Gasteiger partial charge in [0.05, 0.1) is 19.8 Å². The largest absolute Gasteiger partial charge is 0.378 e. The molecular formula is C24H33N5O2. The lowest BCUT2D eigenvalue weighted by molar-refractivity contribution is -0.136. The van der Waals surface area contributed by atoms with E-state index in [9.17, 15) is 4.79 Å². The molecule has 0 atom stereocenters. The first-order valence-electron chi connectivity index (χ1n) is 11.2. The molecule has 1 amide bonds. The highest BCUT2D eigenvalue weighted by molar-refractivity contribution is 5.86. The highest BCUT2D eigenvalue weighted by Crippen LogP contribution is 2.18. The van der Waals surface area contributed by atoms with Crippen molar-refractivity contribution in [3.8, 4) is 0 Å². The third kappa shape index (κ3) is 5.54. The molecule has 0 bridgehead atoms. The van der Waals surface area contributed by atoms with Gasteiger partial charge in [-0.2, -0.15) is 0 Å². The Morgan fingerprint density at radius 1 is 0.968 bits per heavy atom. The van der Waals surface area contributed by atoms with Gasteiger partial charge >= 0.3 is 0 Å². The van der Waals surface area contributed by atoms with E-state index in [-0.39, 0.29) is 5.91 Å². The minimum Gasteiger partial charge on any atom is -0.378 e. The second kappa shape index (κ2) is 10.6. The molecule has 1 N–H and O–H groups in total. The smallest absolute Gasteiger partial charge is 0.236 e. The third-order valence-electron chi connectivity index (χ3n) is 6.16. The van der Waals surface area contributed by atoms with Crippen molar-refractivity contribution < 1.29 is 9.53 Å². The van der Waals surface area contributed by atoms with Gasteiger partial charge in [-0.05, 0) is 22.8 Å². The number of hydrogen-bond donors (Lipinski definition) is 1. The van der Waals surface area contributed by atoms with E-state index in [2.05, 4.69) is 62.6 Å². The molecule has 166 valence electrons. The van der Waals surface area contributed by atoms with Gasteiger partial charge in [0, 0.05) is 52.9 Å². The lowest BCUT2D eigenvalue weighted by Crippen LogP contribution is -2.55. The number of piperazine rings is 1. The molecule has 0 aliphatic carbocycles. The van der Waals surface area contributed by atoms with Crippen molar-refractivity contribution in [2.75, 3.05) is 72.6 Å². The van der Waals surface area contributed by atoms with Gasteiger partial charge in [-0.1, -0.05) is 42.5 Å². The third-order valence-corrected chi connectivity index (χ3v) is 6.16. The standard InChI is InChI=1S/C24H33N5O2/c1-25-24(26-10-9-21-7-4-6-20-5-2-3-8-22(20)21)29-13-11-27(12-14-29)19-23(30)28-15-17-31-18-16-28/h2-8H,9-19H2,1H3,(H,25,26). The summed E-state index contributed by atoms with van der Waals surface area (Å²) >= 11 is 0. The Morgan fingerprint density at radius 3 is 2.48 bits per heavy atom. The summed E-state index contributed by atoms with van der Waals surface area (Å²) in [5.41, 5.74) is 1.35. The molecule has 2 saturated heterocycles. The second-order valence-electron chi connectivity index (χ2n) is 8.12. The summed E-state index contributed by atoms with van der Waals surface area (Å²) in [6, 6.07) is 15.0.